The zero-order valence-electron chi connectivity index (χ0n) is 10.1. The third kappa shape index (κ3) is 1.46. The Kier molecular flexibility index (Phi) is 2.11. The largest absolute Gasteiger partial charge is 0.454 e. The van der Waals surface area contributed by atoms with E-state index >= 15 is 0 Å². The SMILES string of the molecule is c1c2c(cc3c1OCO3)C1CCCCC1CC2. The number of rotatable bonds is 0. The van der Waals surface area contributed by atoms with Crippen molar-refractivity contribution in [2.75, 3.05) is 6.79 Å². The smallest absolute Gasteiger partial charge is 0.231 e. The Labute approximate surface area is 102 Å². The summed E-state index contributed by atoms with van der Waals surface area (Å²) in [7, 11) is 0. The maximum Gasteiger partial charge on any atom is 0.231 e. The van der Waals surface area contributed by atoms with Crippen molar-refractivity contribution >= 4 is 0 Å². The molecule has 1 aliphatic heterocycles. The summed E-state index contributed by atoms with van der Waals surface area (Å²) in [5.74, 6) is 3.65. The van der Waals surface area contributed by atoms with E-state index < -0.39 is 0 Å². The van der Waals surface area contributed by atoms with Crippen molar-refractivity contribution in [2.24, 2.45) is 5.92 Å². The standard InChI is InChI=1S/C15H18O2/c1-2-4-12-10(3-1)5-6-11-7-14-15(8-13(11)12)17-9-16-14/h7-8,10,12H,1-6,9H2. The Morgan fingerprint density at radius 1 is 0.941 bits per heavy atom. The van der Waals surface area contributed by atoms with Crippen molar-refractivity contribution in [3.05, 3.63) is 23.3 Å². The van der Waals surface area contributed by atoms with Gasteiger partial charge in [-0.15, -0.1) is 0 Å². The fourth-order valence-electron chi connectivity index (χ4n) is 3.86. The molecule has 2 atom stereocenters. The first-order chi connectivity index (χ1) is 8.42. The van der Waals surface area contributed by atoms with E-state index in [1.807, 2.05) is 0 Å². The molecule has 0 N–H and O–H groups in total. The molecule has 4 rings (SSSR count). The van der Waals surface area contributed by atoms with Crippen LogP contribution in [0.4, 0.5) is 0 Å². The van der Waals surface area contributed by atoms with Gasteiger partial charge >= 0.3 is 0 Å². The highest BCUT2D eigenvalue weighted by Gasteiger charge is 2.33. The van der Waals surface area contributed by atoms with E-state index in [1.54, 1.807) is 5.56 Å². The zero-order chi connectivity index (χ0) is 11.2. The fourth-order valence-corrected chi connectivity index (χ4v) is 3.86. The number of aryl methyl sites for hydroxylation is 1. The summed E-state index contributed by atoms with van der Waals surface area (Å²) in [5.41, 5.74) is 3.07. The van der Waals surface area contributed by atoms with Gasteiger partial charge in [-0.3, -0.25) is 0 Å². The third-order valence-electron chi connectivity index (χ3n) is 4.73. The second kappa shape index (κ2) is 3.66. The van der Waals surface area contributed by atoms with Gasteiger partial charge in [0.1, 0.15) is 0 Å². The van der Waals surface area contributed by atoms with Crippen molar-refractivity contribution in [3.8, 4) is 11.5 Å². The molecule has 0 spiro atoms. The minimum absolute atomic E-state index is 0.395. The molecule has 17 heavy (non-hydrogen) atoms. The van der Waals surface area contributed by atoms with Crippen LogP contribution in [0.5, 0.6) is 11.5 Å². The molecule has 1 aromatic carbocycles. The Morgan fingerprint density at radius 2 is 1.76 bits per heavy atom. The summed E-state index contributed by atoms with van der Waals surface area (Å²) in [6, 6.07) is 4.49. The highest BCUT2D eigenvalue weighted by Crippen LogP contribution is 2.48. The minimum atomic E-state index is 0.395. The summed E-state index contributed by atoms with van der Waals surface area (Å²) in [5, 5.41) is 0. The lowest BCUT2D eigenvalue weighted by molar-refractivity contribution is 0.174. The van der Waals surface area contributed by atoms with Gasteiger partial charge in [0, 0.05) is 0 Å². The molecular weight excluding hydrogens is 212 g/mol. The second-order valence-electron chi connectivity index (χ2n) is 5.59. The Morgan fingerprint density at radius 3 is 2.71 bits per heavy atom. The minimum Gasteiger partial charge on any atom is -0.454 e. The topological polar surface area (TPSA) is 18.5 Å². The first kappa shape index (κ1) is 9.81. The molecule has 2 heteroatoms. The van der Waals surface area contributed by atoms with E-state index in [-0.39, 0.29) is 0 Å². The third-order valence-corrected chi connectivity index (χ3v) is 4.73. The second-order valence-corrected chi connectivity index (χ2v) is 5.59. The van der Waals surface area contributed by atoms with E-state index in [0.29, 0.717) is 6.79 Å². The first-order valence-corrected chi connectivity index (χ1v) is 6.84. The van der Waals surface area contributed by atoms with E-state index in [9.17, 15) is 0 Å². The number of fused-ring (bicyclic) bond motifs is 4. The average Bonchev–Trinajstić information content (AvgIpc) is 2.83. The van der Waals surface area contributed by atoms with Crippen LogP contribution in [0.2, 0.25) is 0 Å². The lowest BCUT2D eigenvalue weighted by atomic mass is 9.68. The quantitative estimate of drug-likeness (QED) is 0.677. The molecule has 1 heterocycles. The van der Waals surface area contributed by atoms with Crippen LogP contribution in [0.1, 0.15) is 49.1 Å². The van der Waals surface area contributed by atoms with Gasteiger partial charge in [0.15, 0.2) is 11.5 Å². The molecule has 0 bridgehead atoms. The van der Waals surface area contributed by atoms with Crippen LogP contribution >= 0.6 is 0 Å². The molecule has 0 amide bonds. The van der Waals surface area contributed by atoms with Gasteiger partial charge in [0.25, 0.3) is 0 Å². The van der Waals surface area contributed by atoms with E-state index in [0.717, 1.165) is 23.3 Å². The van der Waals surface area contributed by atoms with Crippen LogP contribution in [-0.2, 0) is 6.42 Å². The molecule has 1 saturated carbocycles. The molecule has 0 radical (unpaired) electrons. The van der Waals surface area contributed by atoms with Crippen LogP contribution in [0.15, 0.2) is 12.1 Å². The Hall–Kier alpha value is -1.18. The van der Waals surface area contributed by atoms with Crippen LogP contribution < -0.4 is 9.47 Å². The maximum absolute atomic E-state index is 5.52. The molecular formula is C15H18O2. The van der Waals surface area contributed by atoms with Gasteiger partial charge in [0.05, 0.1) is 0 Å². The van der Waals surface area contributed by atoms with Crippen LogP contribution in [0.25, 0.3) is 0 Å². The van der Waals surface area contributed by atoms with Gasteiger partial charge in [0.2, 0.25) is 6.79 Å². The van der Waals surface area contributed by atoms with Crippen molar-refractivity contribution in [1.29, 1.82) is 0 Å². The fraction of sp³-hybridized carbons (Fsp3) is 0.600. The van der Waals surface area contributed by atoms with Crippen molar-refractivity contribution in [3.63, 3.8) is 0 Å². The van der Waals surface area contributed by atoms with Crippen molar-refractivity contribution < 1.29 is 9.47 Å². The van der Waals surface area contributed by atoms with E-state index in [1.165, 1.54) is 44.1 Å². The molecule has 3 aliphatic rings. The number of ether oxygens (including phenoxy) is 2. The maximum atomic E-state index is 5.52. The number of hydrogen-bond donors (Lipinski definition) is 0. The van der Waals surface area contributed by atoms with Crippen LogP contribution in [-0.4, -0.2) is 6.79 Å². The summed E-state index contributed by atoms with van der Waals surface area (Å²) in [6.07, 6.45) is 8.23. The molecule has 1 fully saturated rings. The summed E-state index contributed by atoms with van der Waals surface area (Å²) in [4.78, 5) is 0. The molecule has 2 nitrogen and oxygen atoms in total. The first-order valence-electron chi connectivity index (χ1n) is 6.84. The summed E-state index contributed by atoms with van der Waals surface area (Å²) in [6.45, 7) is 0.395. The number of hydrogen-bond acceptors (Lipinski definition) is 2. The zero-order valence-corrected chi connectivity index (χ0v) is 10.1. The number of benzene rings is 1. The lowest BCUT2D eigenvalue weighted by Crippen LogP contribution is -2.23. The molecule has 1 aromatic rings. The molecule has 0 saturated heterocycles. The highest BCUT2D eigenvalue weighted by atomic mass is 16.7. The Bertz CT molecular complexity index is 452. The molecule has 0 aromatic heterocycles. The average molecular weight is 230 g/mol. The normalized spacial score (nSPS) is 29.6. The van der Waals surface area contributed by atoms with Gasteiger partial charge < -0.3 is 9.47 Å². The molecule has 2 unspecified atom stereocenters. The van der Waals surface area contributed by atoms with Gasteiger partial charge in [-0.2, -0.15) is 0 Å². The van der Waals surface area contributed by atoms with E-state index in [4.69, 9.17) is 9.47 Å². The predicted molar refractivity (Wildman–Crippen MR) is 65.6 cm³/mol. The van der Waals surface area contributed by atoms with Gasteiger partial charge in [-0.05, 0) is 60.8 Å². The molecule has 90 valence electrons. The van der Waals surface area contributed by atoms with Gasteiger partial charge in [-0.25, -0.2) is 0 Å². The molecule has 2 aliphatic carbocycles. The Balaban J connectivity index is 1.79. The monoisotopic (exact) mass is 230 g/mol. The summed E-state index contributed by atoms with van der Waals surface area (Å²) < 4.78 is 11.0. The van der Waals surface area contributed by atoms with Crippen LogP contribution in [0, 0.1) is 5.92 Å². The van der Waals surface area contributed by atoms with Crippen molar-refractivity contribution in [2.45, 2.75) is 44.4 Å². The summed E-state index contributed by atoms with van der Waals surface area (Å²) >= 11 is 0. The van der Waals surface area contributed by atoms with Gasteiger partial charge in [-0.1, -0.05) is 12.8 Å². The highest BCUT2D eigenvalue weighted by molar-refractivity contribution is 5.51. The predicted octanol–water partition coefficient (Wildman–Crippen LogP) is 3.64. The lowest BCUT2D eigenvalue weighted by Gasteiger charge is -2.37. The van der Waals surface area contributed by atoms with Crippen molar-refractivity contribution in [1.82, 2.24) is 0 Å². The van der Waals surface area contributed by atoms with E-state index in [2.05, 4.69) is 12.1 Å². The van der Waals surface area contributed by atoms with Crippen LogP contribution in [0.3, 0.4) is 0 Å².